The van der Waals surface area contributed by atoms with E-state index < -0.39 is 0 Å². The molecule has 1 aromatic carbocycles. The molecule has 0 aliphatic heterocycles. The van der Waals surface area contributed by atoms with Gasteiger partial charge in [0.05, 0.1) is 7.11 Å². The third-order valence-electron chi connectivity index (χ3n) is 2.04. The summed E-state index contributed by atoms with van der Waals surface area (Å²) in [6.45, 7) is 0.800. The molecule has 0 saturated heterocycles. The fourth-order valence-electron chi connectivity index (χ4n) is 1.35. The van der Waals surface area contributed by atoms with Crippen LogP contribution in [0.5, 0.6) is 5.75 Å². The number of halogens is 1. The van der Waals surface area contributed by atoms with E-state index >= 15 is 0 Å². The quantitative estimate of drug-likeness (QED) is 0.615. The molecule has 2 nitrogen and oxygen atoms in total. The monoisotopic (exact) mass is 306 g/mol. The Kier molecular flexibility index (Phi) is 5.25. The highest BCUT2D eigenvalue weighted by Gasteiger charge is 2.02. The maximum Gasteiger partial charge on any atom is 0.122 e. The SMILES string of the molecule is COCCCc1cc(I)ccc1OC. The highest BCUT2D eigenvalue weighted by molar-refractivity contribution is 14.1. The summed E-state index contributed by atoms with van der Waals surface area (Å²) < 4.78 is 11.6. The van der Waals surface area contributed by atoms with Crippen molar-refractivity contribution in [2.75, 3.05) is 20.8 Å². The second-order valence-electron chi connectivity index (χ2n) is 3.05. The van der Waals surface area contributed by atoms with Gasteiger partial charge in [-0.1, -0.05) is 0 Å². The third kappa shape index (κ3) is 3.46. The maximum absolute atomic E-state index is 5.29. The van der Waals surface area contributed by atoms with Crippen LogP contribution in [0, 0.1) is 3.57 Å². The van der Waals surface area contributed by atoms with Crippen LogP contribution in [0.3, 0.4) is 0 Å². The Morgan fingerprint density at radius 1 is 1.29 bits per heavy atom. The van der Waals surface area contributed by atoms with Gasteiger partial charge in [-0.2, -0.15) is 0 Å². The molecule has 78 valence electrons. The van der Waals surface area contributed by atoms with Crippen molar-refractivity contribution in [1.29, 1.82) is 0 Å². The molecule has 0 unspecified atom stereocenters. The molecule has 0 aliphatic carbocycles. The molecule has 0 N–H and O–H groups in total. The average Bonchev–Trinajstić information content (AvgIpc) is 2.19. The average molecular weight is 306 g/mol. The molecule has 0 bridgehead atoms. The van der Waals surface area contributed by atoms with Gasteiger partial charge in [-0.3, -0.25) is 0 Å². The maximum atomic E-state index is 5.29. The van der Waals surface area contributed by atoms with Crippen molar-refractivity contribution in [3.63, 3.8) is 0 Å². The van der Waals surface area contributed by atoms with Gasteiger partial charge in [0.15, 0.2) is 0 Å². The van der Waals surface area contributed by atoms with Crippen LogP contribution in [-0.2, 0) is 11.2 Å². The molecule has 1 aromatic rings. The molecule has 0 atom stereocenters. The van der Waals surface area contributed by atoms with Gasteiger partial charge in [0, 0.05) is 17.3 Å². The number of methoxy groups -OCH3 is 2. The first-order chi connectivity index (χ1) is 6.77. The number of hydrogen-bond donors (Lipinski definition) is 0. The van der Waals surface area contributed by atoms with E-state index in [0.717, 1.165) is 25.2 Å². The van der Waals surface area contributed by atoms with Crippen molar-refractivity contribution < 1.29 is 9.47 Å². The van der Waals surface area contributed by atoms with Crippen molar-refractivity contribution in [3.05, 3.63) is 27.3 Å². The summed E-state index contributed by atoms with van der Waals surface area (Å²) in [5, 5.41) is 0. The molecule has 0 heterocycles. The van der Waals surface area contributed by atoms with E-state index in [2.05, 4.69) is 34.7 Å². The molecular formula is C11H15IO2. The van der Waals surface area contributed by atoms with Crippen LogP contribution in [0.4, 0.5) is 0 Å². The van der Waals surface area contributed by atoms with Crippen LogP contribution in [0.15, 0.2) is 18.2 Å². The van der Waals surface area contributed by atoms with Gasteiger partial charge in [0.25, 0.3) is 0 Å². The number of rotatable bonds is 5. The van der Waals surface area contributed by atoms with Gasteiger partial charge >= 0.3 is 0 Å². The van der Waals surface area contributed by atoms with Crippen LogP contribution < -0.4 is 4.74 Å². The molecular weight excluding hydrogens is 291 g/mol. The zero-order valence-electron chi connectivity index (χ0n) is 8.55. The Labute approximate surface area is 98.7 Å². The molecule has 0 aromatic heterocycles. The summed E-state index contributed by atoms with van der Waals surface area (Å²) >= 11 is 2.31. The van der Waals surface area contributed by atoms with E-state index in [9.17, 15) is 0 Å². The lowest BCUT2D eigenvalue weighted by Gasteiger charge is -2.08. The lowest BCUT2D eigenvalue weighted by molar-refractivity contribution is 0.195. The number of benzene rings is 1. The number of ether oxygens (including phenoxy) is 2. The van der Waals surface area contributed by atoms with E-state index in [1.54, 1.807) is 14.2 Å². The first kappa shape index (κ1) is 11.8. The standard InChI is InChI=1S/C11H15IO2/c1-13-7-3-4-9-8-10(12)5-6-11(9)14-2/h5-6,8H,3-4,7H2,1-2H3. The first-order valence-corrected chi connectivity index (χ1v) is 5.67. The molecule has 0 saturated carbocycles. The van der Waals surface area contributed by atoms with E-state index in [1.807, 2.05) is 6.07 Å². The Hall–Kier alpha value is -0.290. The summed E-state index contributed by atoms with van der Waals surface area (Å²) in [6, 6.07) is 6.23. The Balaban J connectivity index is 2.67. The Morgan fingerprint density at radius 3 is 2.71 bits per heavy atom. The molecule has 0 radical (unpaired) electrons. The minimum Gasteiger partial charge on any atom is -0.496 e. The molecule has 3 heteroatoms. The van der Waals surface area contributed by atoms with Crippen molar-refractivity contribution in [2.45, 2.75) is 12.8 Å². The predicted octanol–water partition coefficient (Wildman–Crippen LogP) is 2.88. The van der Waals surface area contributed by atoms with Gasteiger partial charge in [-0.25, -0.2) is 0 Å². The Bertz CT molecular complexity index is 287. The normalized spacial score (nSPS) is 10.2. The molecule has 0 spiro atoms. The van der Waals surface area contributed by atoms with Gasteiger partial charge < -0.3 is 9.47 Å². The number of aryl methyl sites for hydroxylation is 1. The summed E-state index contributed by atoms with van der Waals surface area (Å²) in [4.78, 5) is 0. The molecule has 0 amide bonds. The molecule has 1 rings (SSSR count). The third-order valence-corrected chi connectivity index (χ3v) is 2.71. The second-order valence-corrected chi connectivity index (χ2v) is 4.30. The van der Waals surface area contributed by atoms with Crippen LogP contribution in [0.1, 0.15) is 12.0 Å². The molecule has 0 fully saturated rings. The van der Waals surface area contributed by atoms with Crippen LogP contribution in [-0.4, -0.2) is 20.8 Å². The van der Waals surface area contributed by atoms with Crippen molar-refractivity contribution in [1.82, 2.24) is 0 Å². The van der Waals surface area contributed by atoms with Gasteiger partial charge in [-0.05, 0) is 59.2 Å². The number of hydrogen-bond acceptors (Lipinski definition) is 2. The summed E-state index contributed by atoms with van der Waals surface area (Å²) in [5.41, 5.74) is 1.26. The second kappa shape index (κ2) is 6.24. The lowest BCUT2D eigenvalue weighted by atomic mass is 10.1. The minimum absolute atomic E-state index is 0.800. The summed E-state index contributed by atoms with van der Waals surface area (Å²) in [7, 11) is 3.44. The van der Waals surface area contributed by atoms with Gasteiger partial charge in [0.2, 0.25) is 0 Å². The van der Waals surface area contributed by atoms with E-state index in [4.69, 9.17) is 9.47 Å². The van der Waals surface area contributed by atoms with Crippen LogP contribution in [0.25, 0.3) is 0 Å². The highest BCUT2D eigenvalue weighted by Crippen LogP contribution is 2.22. The predicted molar refractivity (Wildman–Crippen MR) is 65.9 cm³/mol. The van der Waals surface area contributed by atoms with E-state index in [1.165, 1.54) is 9.13 Å². The fraction of sp³-hybridized carbons (Fsp3) is 0.455. The van der Waals surface area contributed by atoms with Crippen molar-refractivity contribution in [3.8, 4) is 5.75 Å². The smallest absolute Gasteiger partial charge is 0.122 e. The summed E-state index contributed by atoms with van der Waals surface area (Å²) in [5.74, 6) is 0.974. The van der Waals surface area contributed by atoms with Crippen molar-refractivity contribution >= 4 is 22.6 Å². The summed E-state index contributed by atoms with van der Waals surface area (Å²) in [6.07, 6.45) is 2.04. The Morgan fingerprint density at radius 2 is 2.07 bits per heavy atom. The zero-order chi connectivity index (χ0) is 10.4. The van der Waals surface area contributed by atoms with Crippen LogP contribution in [0.2, 0.25) is 0 Å². The van der Waals surface area contributed by atoms with Gasteiger partial charge in [-0.15, -0.1) is 0 Å². The molecule has 0 aliphatic rings. The largest absolute Gasteiger partial charge is 0.496 e. The van der Waals surface area contributed by atoms with Gasteiger partial charge in [0.1, 0.15) is 5.75 Å². The van der Waals surface area contributed by atoms with E-state index in [0.29, 0.717) is 0 Å². The first-order valence-electron chi connectivity index (χ1n) is 4.59. The molecule has 14 heavy (non-hydrogen) atoms. The minimum atomic E-state index is 0.800. The van der Waals surface area contributed by atoms with Crippen LogP contribution >= 0.6 is 22.6 Å². The lowest BCUT2D eigenvalue weighted by Crippen LogP contribution is -1.96. The zero-order valence-corrected chi connectivity index (χ0v) is 10.7. The fourth-order valence-corrected chi connectivity index (χ4v) is 1.91. The van der Waals surface area contributed by atoms with Crippen molar-refractivity contribution in [2.24, 2.45) is 0 Å². The highest BCUT2D eigenvalue weighted by atomic mass is 127. The van der Waals surface area contributed by atoms with E-state index in [-0.39, 0.29) is 0 Å². The topological polar surface area (TPSA) is 18.5 Å².